The number of carbonyl (C=O) groups excluding carboxylic acids is 1. The van der Waals surface area contributed by atoms with Gasteiger partial charge in [-0.3, -0.25) is 4.79 Å². The van der Waals surface area contributed by atoms with Crippen LogP contribution in [0.5, 0.6) is 11.5 Å². The molecule has 4 rings (SSSR count). The third-order valence-corrected chi connectivity index (χ3v) is 6.25. The molecule has 0 saturated heterocycles. The van der Waals surface area contributed by atoms with Gasteiger partial charge in [-0.2, -0.15) is 5.26 Å². The number of methoxy groups -OCH3 is 1. The van der Waals surface area contributed by atoms with Crippen molar-refractivity contribution in [2.24, 2.45) is 0 Å². The maximum Gasteiger partial charge on any atom is 0.266 e. The second kappa shape index (κ2) is 11.1. The van der Waals surface area contributed by atoms with Crippen LogP contribution in [0.1, 0.15) is 11.1 Å². The molecule has 1 amide bonds. The van der Waals surface area contributed by atoms with Crippen LogP contribution in [0.3, 0.4) is 0 Å². The predicted octanol–water partition coefficient (Wildman–Crippen LogP) is 7.39. The van der Waals surface area contributed by atoms with Gasteiger partial charge < -0.3 is 14.8 Å². The molecule has 0 aliphatic heterocycles. The Balaban J connectivity index is 1.58. The van der Waals surface area contributed by atoms with Gasteiger partial charge in [0.2, 0.25) is 0 Å². The highest BCUT2D eigenvalue weighted by molar-refractivity contribution is 9.10. The first-order valence-electron chi connectivity index (χ1n) is 10.6. The van der Waals surface area contributed by atoms with Gasteiger partial charge in [0.25, 0.3) is 5.91 Å². The summed E-state index contributed by atoms with van der Waals surface area (Å²) in [5.74, 6) is 0.436. The zero-order valence-corrected chi connectivity index (χ0v) is 21.1. The van der Waals surface area contributed by atoms with E-state index < -0.39 is 5.91 Å². The van der Waals surface area contributed by atoms with E-state index in [2.05, 4.69) is 21.2 Å². The molecular formula is C28H20BrClN2O3. The normalized spacial score (nSPS) is 11.1. The molecule has 35 heavy (non-hydrogen) atoms. The quantitative estimate of drug-likeness (QED) is 0.193. The molecule has 0 bridgehead atoms. The van der Waals surface area contributed by atoms with Crippen LogP contribution in [0.4, 0.5) is 5.69 Å². The van der Waals surface area contributed by atoms with E-state index in [1.807, 2.05) is 60.7 Å². The molecule has 0 aromatic heterocycles. The Kier molecular flexibility index (Phi) is 7.71. The van der Waals surface area contributed by atoms with E-state index in [1.54, 1.807) is 24.3 Å². The van der Waals surface area contributed by atoms with Crippen molar-refractivity contribution < 1.29 is 14.3 Å². The largest absolute Gasteiger partial charge is 0.493 e. The Bertz CT molecular complexity index is 1470. The second-order valence-electron chi connectivity index (χ2n) is 7.56. The lowest BCUT2D eigenvalue weighted by molar-refractivity contribution is -0.112. The van der Waals surface area contributed by atoms with E-state index in [0.29, 0.717) is 32.2 Å². The second-order valence-corrected chi connectivity index (χ2v) is 8.83. The average molecular weight is 548 g/mol. The van der Waals surface area contributed by atoms with Crippen molar-refractivity contribution >= 4 is 56.0 Å². The van der Waals surface area contributed by atoms with Crippen molar-refractivity contribution in [1.82, 2.24) is 0 Å². The smallest absolute Gasteiger partial charge is 0.266 e. The minimum atomic E-state index is -0.502. The number of anilines is 1. The number of rotatable bonds is 7. The molecule has 7 heteroatoms. The third kappa shape index (κ3) is 5.65. The Morgan fingerprint density at radius 3 is 2.60 bits per heavy atom. The minimum absolute atomic E-state index is 0.0448. The van der Waals surface area contributed by atoms with Crippen molar-refractivity contribution in [1.29, 1.82) is 5.26 Å². The molecule has 0 radical (unpaired) electrons. The van der Waals surface area contributed by atoms with E-state index in [4.69, 9.17) is 21.1 Å². The fraction of sp³-hybridized carbons (Fsp3) is 0.0714. The number of ether oxygens (including phenoxy) is 2. The van der Waals surface area contributed by atoms with E-state index >= 15 is 0 Å². The first-order chi connectivity index (χ1) is 17.0. The van der Waals surface area contributed by atoms with Crippen LogP contribution in [-0.2, 0) is 11.4 Å². The SMILES string of the molecule is COc1cc(/C=C(\C#N)C(=O)Nc2cccc3ccccc23)cc(Br)c1OCc1ccccc1Cl. The molecule has 0 heterocycles. The fourth-order valence-corrected chi connectivity index (χ4v) is 4.33. The van der Waals surface area contributed by atoms with Gasteiger partial charge in [0.1, 0.15) is 18.2 Å². The molecule has 5 nitrogen and oxygen atoms in total. The molecule has 0 fully saturated rings. The number of carbonyl (C=O) groups is 1. The summed E-state index contributed by atoms with van der Waals surface area (Å²) in [4.78, 5) is 12.9. The lowest BCUT2D eigenvalue weighted by Gasteiger charge is -2.14. The molecule has 0 unspecified atom stereocenters. The topological polar surface area (TPSA) is 71.3 Å². The third-order valence-electron chi connectivity index (χ3n) is 5.30. The van der Waals surface area contributed by atoms with Crippen molar-refractivity contribution in [3.63, 3.8) is 0 Å². The summed E-state index contributed by atoms with van der Waals surface area (Å²) in [7, 11) is 1.52. The number of amides is 1. The number of hydrogen-bond acceptors (Lipinski definition) is 4. The van der Waals surface area contributed by atoms with Gasteiger partial charge in [-0.05, 0) is 57.2 Å². The standard InChI is InChI=1S/C28H20BrClN2O3/c1-34-26-15-18(14-23(29)27(26)35-17-20-8-3-5-11-24(20)30)13-21(16-31)28(33)32-25-12-6-9-19-7-2-4-10-22(19)25/h2-15H,17H2,1H3,(H,32,33)/b21-13+. The molecule has 0 aliphatic rings. The van der Waals surface area contributed by atoms with Crippen LogP contribution in [0, 0.1) is 11.3 Å². The number of halogens is 2. The van der Waals surface area contributed by atoms with Crippen molar-refractivity contribution in [3.8, 4) is 17.6 Å². The number of hydrogen-bond donors (Lipinski definition) is 1. The van der Waals surface area contributed by atoms with Crippen molar-refractivity contribution in [3.05, 3.63) is 105 Å². The van der Waals surface area contributed by atoms with Crippen molar-refractivity contribution in [2.45, 2.75) is 6.61 Å². The van der Waals surface area contributed by atoms with E-state index in [1.165, 1.54) is 13.2 Å². The Morgan fingerprint density at radius 1 is 1.09 bits per heavy atom. The van der Waals surface area contributed by atoms with Gasteiger partial charge in [-0.15, -0.1) is 0 Å². The summed E-state index contributed by atoms with van der Waals surface area (Å²) in [6.45, 7) is 0.251. The number of benzene rings is 4. The van der Waals surface area contributed by atoms with Crippen LogP contribution < -0.4 is 14.8 Å². The maximum absolute atomic E-state index is 12.9. The molecule has 0 aliphatic carbocycles. The Labute approximate surface area is 216 Å². The number of nitrogens with zero attached hydrogens (tertiary/aromatic N) is 1. The van der Waals surface area contributed by atoms with Gasteiger partial charge >= 0.3 is 0 Å². The summed E-state index contributed by atoms with van der Waals surface area (Å²) < 4.78 is 12.1. The predicted molar refractivity (Wildman–Crippen MR) is 143 cm³/mol. The summed E-state index contributed by atoms with van der Waals surface area (Å²) >= 11 is 9.73. The Hall–Kier alpha value is -3.79. The van der Waals surface area contributed by atoms with E-state index in [0.717, 1.165) is 16.3 Å². The van der Waals surface area contributed by atoms with Crippen molar-refractivity contribution in [2.75, 3.05) is 12.4 Å². The maximum atomic E-state index is 12.9. The zero-order chi connectivity index (χ0) is 24.8. The number of fused-ring (bicyclic) bond motifs is 1. The van der Waals surface area contributed by atoms with Gasteiger partial charge in [-0.25, -0.2) is 0 Å². The van der Waals surface area contributed by atoms with Gasteiger partial charge in [0.15, 0.2) is 11.5 Å². The molecule has 4 aromatic rings. The molecule has 174 valence electrons. The first-order valence-corrected chi connectivity index (χ1v) is 11.8. The molecule has 0 saturated carbocycles. The van der Waals surface area contributed by atoms with Crippen LogP contribution in [0.2, 0.25) is 5.02 Å². The zero-order valence-electron chi connectivity index (χ0n) is 18.7. The summed E-state index contributed by atoms with van der Waals surface area (Å²) in [5, 5.41) is 15.0. The van der Waals surface area contributed by atoms with Gasteiger partial charge in [-0.1, -0.05) is 66.2 Å². The van der Waals surface area contributed by atoms with Crippen LogP contribution in [-0.4, -0.2) is 13.0 Å². The van der Waals surface area contributed by atoms with Gasteiger partial charge in [0.05, 0.1) is 11.6 Å². The van der Waals surface area contributed by atoms with Crippen LogP contribution in [0.25, 0.3) is 16.8 Å². The number of nitriles is 1. The summed E-state index contributed by atoms with van der Waals surface area (Å²) in [6, 6.07) is 26.2. The average Bonchev–Trinajstić information content (AvgIpc) is 2.87. The highest BCUT2D eigenvalue weighted by Gasteiger charge is 2.15. The van der Waals surface area contributed by atoms with Crippen LogP contribution in [0.15, 0.2) is 88.9 Å². The fourth-order valence-electron chi connectivity index (χ4n) is 3.57. The lowest BCUT2D eigenvalue weighted by Crippen LogP contribution is -2.13. The van der Waals surface area contributed by atoms with Crippen LogP contribution >= 0.6 is 27.5 Å². The Morgan fingerprint density at radius 2 is 1.83 bits per heavy atom. The summed E-state index contributed by atoms with van der Waals surface area (Å²) in [6.07, 6.45) is 1.51. The van der Waals surface area contributed by atoms with Gasteiger partial charge in [0, 0.05) is 21.7 Å². The summed E-state index contributed by atoms with van der Waals surface area (Å²) in [5.41, 5.74) is 2.03. The monoisotopic (exact) mass is 546 g/mol. The molecule has 0 spiro atoms. The highest BCUT2D eigenvalue weighted by atomic mass is 79.9. The molecular weight excluding hydrogens is 528 g/mol. The minimum Gasteiger partial charge on any atom is -0.493 e. The molecule has 0 atom stereocenters. The van der Waals surface area contributed by atoms with E-state index in [9.17, 15) is 10.1 Å². The molecule has 4 aromatic carbocycles. The highest BCUT2D eigenvalue weighted by Crippen LogP contribution is 2.38. The number of nitrogens with one attached hydrogen (secondary N) is 1. The first kappa shape index (κ1) is 24.3. The molecule has 1 N–H and O–H groups in total. The lowest BCUT2D eigenvalue weighted by atomic mass is 10.1. The van der Waals surface area contributed by atoms with E-state index in [-0.39, 0.29) is 12.2 Å².